The monoisotopic (exact) mass is 421 g/mol. The van der Waals surface area contributed by atoms with Crippen LogP contribution in [0.5, 0.6) is 5.75 Å². The predicted molar refractivity (Wildman–Crippen MR) is 111 cm³/mol. The van der Waals surface area contributed by atoms with Crippen molar-refractivity contribution in [3.63, 3.8) is 0 Å². The molecule has 158 valence electrons. The largest absolute Gasteiger partial charge is 0.507 e. The summed E-state index contributed by atoms with van der Waals surface area (Å²) >= 11 is 0. The molecule has 4 rings (SSSR count). The maximum Gasteiger partial charge on any atom is 0.296 e. The molecular formula is C24H20FNO5. The molecule has 6 nitrogen and oxygen atoms in total. The number of Topliss-reactive ketones (excluding diaryl/α,β-unsaturated/α-hetero) is 1. The average molecular weight is 421 g/mol. The molecule has 1 amide bonds. The lowest BCUT2D eigenvalue weighted by Crippen LogP contribution is -2.29. The van der Waals surface area contributed by atoms with Crippen LogP contribution >= 0.6 is 0 Å². The Hall–Kier alpha value is -3.87. The van der Waals surface area contributed by atoms with Gasteiger partial charge in [-0.15, -0.1) is 0 Å². The number of ketones is 1. The van der Waals surface area contributed by atoms with Gasteiger partial charge in [-0.2, -0.15) is 0 Å². The topological polar surface area (TPSA) is 80.0 Å². The number of likely N-dealkylation sites (tertiary alicyclic amines) is 1. The Morgan fingerprint density at radius 3 is 2.58 bits per heavy atom. The number of nitrogens with zero attached hydrogens (tertiary/aromatic N) is 1. The molecule has 1 unspecified atom stereocenters. The highest BCUT2D eigenvalue weighted by atomic mass is 19.1. The molecule has 3 aromatic rings. The van der Waals surface area contributed by atoms with E-state index in [1.165, 1.54) is 35.4 Å². The molecule has 1 saturated heterocycles. The third kappa shape index (κ3) is 3.94. The maximum atomic E-state index is 13.3. The molecule has 2 aromatic carbocycles. The Morgan fingerprint density at radius 2 is 1.90 bits per heavy atom. The van der Waals surface area contributed by atoms with Gasteiger partial charge in [0.05, 0.1) is 31.0 Å². The van der Waals surface area contributed by atoms with Crippen molar-refractivity contribution in [1.82, 2.24) is 4.90 Å². The Morgan fingerprint density at radius 1 is 1.13 bits per heavy atom. The smallest absolute Gasteiger partial charge is 0.296 e. The third-order valence-corrected chi connectivity index (χ3v) is 5.05. The quantitative estimate of drug-likeness (QED) is 0.362. The summed E-state index contributed by atoms with van der Waals surface area (Å²) in [6.07, 6.45) is 1.48. The molecular weight excluding hydrogens is 401 g/mol. The van der Waals surface area contributed by atoms with E-state index in [9.17, 15) is 19.1 Å². The van der Waals surface area contributed by atoms with E-state index in [0.29, 0.717) is 23.7 Å². The van der Waals surface area contributed by atoms with E-state index in [1.807, 2.05) is 6.92 Å². The number of furan rings is 1. The maximum absolute atomic E-state index is 13.3. The van der Waals surface area contributed by atoms with Crippen LogP contribution in [0.25, 0.3) is 5.76 Å². The van der Waals surface area contributed by atoms with E-state index < -0.39 is 23.5 Å². The van der Waals surface area contributed by atoms with E-state index in [-0.39, 0.29) is 23.4 Å². The van der Waals surface area contributed by atoms with Crippen molar-refractivity contribution < 1.29 is 28.2 Å². The fourth-order valence-corrected chi connectivity index (χ4v) is 3.66. The van der Waals surface area contributed by atoms with Crippen LogP contribution in [0.1, 0.15) is 29.9 Å². The van der Waals surface area contributed by atoms with E-state index in [1.54, 1.807) is 36.4 Å². The summed E-state index contributed by atoms with van der Waals surface area (Å²) in [6.45, 7) is 2.34. The fraction of sp³-hybridized carbons (Fsp3) is 0.167. The lowest BCUT2D eigenvalue weighted by atomic mass is 9.95. The minimum absolute atomic E-state index is 0.0430. The van der Waals surface area contributed by atoms with Gasteiger partial charge in [-0.1, -0.05) is 12.1 Å². The van der Waals surface area contributed by atoms with Gasteiger partial charge < -0.3 is 19.2 Å². The molecule has 0 bridgehead atoms. The number of aliphatic hydroxyl groups is 1. The highest BCUT2D eigenvalue weighted by Gasteiger charge is 2.46. The zero-order valence-electron chi connectivity index (χ0n) is 16.7. The fourth-order valence-electron chi connectivity index (χ4n) is 3.66. The summed E-state index contributed by atoms with van der Waals surface area (Å²) in [5.74, 6) is -1.35. The SMILES string of the molecule is CCOc1cccc(C2/C(=C(\O)c3ccc(F)cc3)C(=O)C(=O)N2Cc2ccco2)c1. The summed E-state index contributed by atoms with van der Waals surface area (Å²) in [6, 6.07) is 14.6. The normalized spacial score (nSPS) is 17.9. The lowest BCUT2D eigenvalue weighted by molar-refractivity contribution is -0.140. The second-order valence-electron chi connectivity index (χ2n) is 7.02. The number of carbonyl (C=O) groups is 2. The van der Waals surface area contributed by atoms with Gasteiger partial charge in [-0.05, 0) is 61.0 Å². The number of ether oxygens (including phenoxy) is 1. The molecule has 0 spiro atoms. The molecule has 1 atom stereocenters. The first kappa shape index (κ1) is 20.4. The van der Waals surface area contributed by atoms with E-state index in [4.69, 9.17) is 9.15 Å². The standard InChI is InChI=1S/C24H20FNO5/c1-2-30-18-6-3-5-16(13-18)21-20(22(27)15-8-10-17(25)11-9-15)23(28)24(29)26(21)14-19-7-4-12-31-19/h3-13,21,27H,2,14H2,1H3/b22-20+. The van der Waals surface area contributed by atoms with Crippen LogP contribution in [0.15, 0.2) is 76.9 Å². The van der Waals surface area contributed by atoms with Crippen molar-refractivity contribution in [1.29, 1.82) is 0 Å². The molecule has 0 aliphatic carbocycles. The molecule has 1 fully saturated rings. The molecule has 0 radical (unpaired) electrons. The summed E-state index contributed by atoms with van der Waals surface area (Å²) in [5, 5.41) is 11.0. The minimum Gasteiger partial charge on any atom is -0.507 e. The highest BCUT2D eigenvalue weighted by Crippen LogP contribution is 2.41. The van der Waals surface area contributed by atoms with Gasteiger partial charge in [0.15, 0.2) is 0 Å². The summed E-state index contributed by atoms with van der Waals surface area (Å²) in [4.78, 5) is 27.2. The van der Waals surface area contributed by atoms with Gasteiger partial charge in [-0.3, -0.25) is 9.59 Å². The predicted octanol–water partition coefficient (Wildman–Crippen LogP) is 4.44. The number of hydrogen-bond acceptors (Lipinski definition) is 5. The van der Waals surface area contributed by atoms with Crippen LogP contribution in [-0.2, 0) is 16.1 Å². The third-order valence-electron chi connectivity index (χ3n) is 5.05. The molecule has 2 heterocycles. The zero-order valence-corrected chi connectivity index (χ0v) is 16.7. The number of halogens is 1. The molecule has 7 heteroatoms. The van der Waals surface area contributed by atoms with Crippen LogP contribution < -0.4 is 4.74 Å². The minimum atomic E-state index is -0.865. The van der Waals surface area contributed by atoms with Crippen molar-refractivity contribution in [3.8, 4) is 5.75 Å². The number of aliphatic hydroxyl groups excluding tert-OH is 1. The van der Waals surface area contributed by atoms with Gasteiger partial charge in [0, 0.05) is 5.56 Å². The summed E-state index contributed by atoms with van der Waals surface area (Å²) in [5.41, 5.74) is 0.764. The first-order valence-corrected chi connectivity index (χ1v) is 9.79. The number of rotatable bonds is 6. The van der Waals surface area contributed by atoms with E-state index in [0.717, 1.165) is 0 Å². The van der Waals surface area contributed by atoms with Crippen LogP contribution in [0.4, 0.5) is 4.39 Å². The van der Waals surface area contributed by atoms with Crippen molar-refractivity contribution in [2.45, 2.75) is 19.5 Å². The lowest BCUT2D eigenvalue weighted by Gasteiger charge is -2.25. The van der Waals surface area contributed by atoms with Crippen molar-refractivity contribution in [2.24, 2.45) is 0 Å². The van der Waals surface area contributed by atoms with Crippen LogP contribution in [0, 0.1) is 5.82 Å². The van der Waals surface area contributed by atoms with Gasteiger partial charge >= 0.3 is 0 Å². The average Bonchev–Trinajstić information content (AvgIpc) is 3.37. The van der Waals surface area contributed by atoms with Crippen LogP contribution in [0.3, 0.4) is 0 Å². The molecule has 31 heavy (non-hydrogen) atoms. The number of hydrogen-bond donors (Lipinski definition) is 1. The summed E-state index contributed by atoms with van der Waals surface area (Å²) < 4.78 is 24.3. The van der Waals surface area contributed by atoms with Crippen molar-refractivity contribution in [2.75, 3.05) is 6.61 Å². The molecule has 1 N–H and O–H groups in total. The Kier molecular flexibility index (Phi) is 5.58. The number of benzene rings is 2. The van der Waals surface area contributed by atoms with Crippen LogP contribution in [-0.4, -0.2) is 28.3 Å². The van der Waals surface area contributed by atoms with Gasteiger partial charge in [0.2, 0.25) is 0 Å². The number of carbonyl (C=O) groups excluding carboxylic acids is 2. The van der Waals surface area contributed by atoms with Gasteiger partial charge in [0.25, 0.3) is 11.7 Å². The van der Waals surface area contributed by atoms with E-state index >= 15 is 0 Å². The Labute approximate surface area is 178 Å². The van der Waals surface area contributed by atoms with Crippen LogP contribution in [0.2, 0.25) is 0 Å². The highest BCUT2D eigenvalue weighted by molar-refractivity contribution is 6.46. The first-order chi connectivity index (χ1) is 15.0. The van der Waals surface area contributed by atoms with Crippen molar-refractivity contribution >= 4 is 17.4 Å². The molecule has 1 aliphatic heterocycles. The van der Waals surface area contributed by atoms with Crippen molar-refractivity contribution in [3.05, 3.63) is 95.2 Å². The molecule has 1 aromatic heterocycles. The second-order valence-corrected chi connectivity index (χ2v) is 7.02. The van der Waals surface area contributed by atoms with Gasteiger partial charge in [0.1, 0.15) is 23.1 Å². The van der Waals surface area contributed by atoms with E-state index in [2.05, 4.69) is 0 Å². The number of amides is 1. The summed E-state index contributed by atoms with van der Waals surface area (Å²) in [7, 11) is 0. The Balaban J connectivity index is 1.86. The first-order valence-electron chi connectivity index (χ1n) is 9.79. The Bertz CT molecular complexity index is 1140. The second kappa shape index (κ2) is 8.47. The molecule has 0 saturated carbocycles. The van der Waals surface area contributed by atoms with Gasteiger partial charge in [-0.25, -0.2) is 4.39 Å². The molecule has 1 aliphatic rings. The zero-order chi connectivity index (χ0) is 22.0.